The van der Waals surface area contributed by atoms with E-state index in [1.807, 2.05) is 0 Å². The first-order valence-electron chi connectivity index (χ1n) is 10.2. The molecule has 9 nitrogen and oxygen atoms in total. The van der Waals surface area contributed by atoms with Gasteiger partial charge < -0.3 is 19.5 Å². The Balaban J connectivity index is 1.65. The van der Waals surface area contributed by atoms with E-state index in [1.54, 1.807) is 20.8 Å². The summed E-state index contributed by atoms with van der Waals surface area (Å²) in [7, 11) is -4.11. The number of anilines is 1. The zero-order valence-electron chi connectivity index (χ0n) is 18.4. The number of fused-ring (bicyclic) bond motifs is 1. The highest BCUT2D eigenvalue weighted by Crippen LogP contribution is 2.32. The molecule has 1 aliphatic heterocycles. The molecule has 0 bridgehead atoms. The van der Waals surface area contributed by atoms with Crippen LogP contribution in [-0.2, 0) is 24.3 Å². The largest absolute Gasteiger partial charge is 0.486 e. The molecule has 2 aromatic rings. The number of hydrogen-bond donors (Lipinski definition) is 2. The van der Waals surface area contributed by atoms with Crippen molar-refractivity contribution in [1.29, 1.82) is 0 Å². The monoisotopic (exact) mass is 480 g/mol. The molecular formula is C22H25FN2O7S. The average Bonchev–Trinajstić information content (AvgIpc) is 2.77. The number of amides is 1. The van der Waals surface area contributed by atoms with Gasteiger partial charge in [-0.3, -0.25) is 9.59 Å². The zero-order chi connectivity index (χ0) is 24.2. The molecule has 0 unspecified atom stereocenters. The smallest absolute Gasteiger partial charge is 0.324 e. The van der Waals surface area contributed by atoms with E-state index in [4.69, 9.17) is 14.2 Å². The first-order chi connectivity index (χ1) is 15.6. The van der Waals surface area contributed by atoms with Crippen molar-refractivity contribution in [3.8, 4) is 11.5 Å². The van der Waals surface area contributed by atoms with Crippen LogP contribution in [0, 0.1) is 18.7 Å². The standard InChI is InChI=1S/C22H25FN2O7S/c1-13(2)21(22(27)32-12-20(26)24-17-10-15(23)5-4-14(17)3)25-33(28,29)16-6-7-18-19(11-16)31-9-8-30-18/h4-7,10-11,13,21,25H,8-9,12H2,1-3H3,(H,24,26)/t21-/m1/s1. The van der Waals surface area contributed by atoms with Crippen LogP contribution in [0.1, 0.15) is 19.4 Å². The number of aryl methyl sites for hydroxylation is 1. The van der Waals surface area contributed by atoms with Gasteiger partial charge in [-0.15, -0.1) is 0 Å². The summed E-state index contributed by atoms with van der Waals surface area (Å²) >= 11 is 0. The molecule has 0 saturated heterocycles. The number of rotatable bonds is 8. The van der Waals surface area contributed by atoms with Gasteiger partial charge in [0.2, 0.25) is 10.0 Å². The van der Waals surface area contributed by atoms with E-state index in [-0.39, 0.29) is 16.3 Å². The molecule has 11 heteroatoms. The van der Waals surface area contributed by atoms with E-state index in [1.165, 1.54) is 30.3 Å². The third kappa shape index (κ3) is 6.20. The summed E-state index contributed by atoms with van der Waals surface area (Å²) in [4.78, 5) is 24.6. The highest BCUT2D eigenvalue weighted by molar-refractivity contribution is 7.89. The van der Waals surface area contributed by atoms with E-state index in [2.05, 4.69) is 10.0 Å². The SMILES string of the molecule is Cc1ccc(F)cc1NC(=O)COC(=O)[C@H](NS(=O)(=O)c1ccc2c(c1)OCCO2)C(C)C. The number of sulfonamides is 1. The quantitative estimate of drug-likeness (QED) is 0.557. The number of nitrogens with one attached hydrogen (secondary N) is 2. The van der Waals surface area contributed by atoms with E-state index in [0.717, 1.165) is 6.07 Å². The Morgan fingerprint density at radius 3 is 2.48 bits per heavy atom. The Hall–Kier alpha value is -3.18. The van der Waals surface area contributed by atoms with Gasteiger partial charge in [0.1, 0.15) is 25.1 Å². The topological polar surface area (TPSA) is 120 Å². The third-order valence-electron chi connectivity index (χ3n) is 4.85. The molecular weight excluding hydrogens is 455 g/mol. The summed E-state index contributed by atoms with van der Waals surface area (Å²) in [6.07, 6.45) is 0. The van der Waals surface area contributed by atoms with Gasteiger partial charge in [-0.25, -0.2) is 12.8 Å². The van der Waals surface area contributed by atoms with E-state index in [9.17, 15) is 22.4 Å². The maximum absolute atomic E-state index is 13.4. The van der Waals surface area contributed by atoms with Crippen LogP contribution in [-0.4, -0.2) is 46.2 Å². The molecule has 2 aromatic carbocycles. The molecule has 0 spiro atoms. The number of carbonyl (C=O) groups is 2. The number of ether oxygens (including phenoxy) is 3. The van der Waals surface area contributed by atoms with Crippen LogP contribution in [0.3, 0.4) is 0 Å². The minimum atomic E-state index is -4.11. The Bertz CT molecular complexity index is 1150. The Morgan fingerprint density at radius 2 is 1.79 bits per heavy atom. The molecule has 1 amide bonds. The van der Waals surface area contributed by atoms with E-state index >= 15 is 0 Å². The Morgan fingerprint density at radius 1 is 1.09 bits per heavy atom. The first-order valence-corrected chi connectivity index (χ1v) is 11.7. The van der Waals surface area contributed by atoms with Crippen LogP contribution in [0.4, 0.5) is 10.1 Å². The molecule has 1 atom stereocenters. The fourth-order valence-electron chi connectivity index (χ4n) is 3.02. The Kier molecular flexibility index (Phi) is 7.54. The van der Waals surface area contributed by atoms with Crippen LogP contribution >= 0.6 is 0 Å². The first kappa shape index (κ1) is 24.5. The molecule has 3 rings (SSSR count). The lowest BCUT2D eigenvalue weighted by molar-refractivity contribution is -0.150. The minimum absolute atomic E-state index is 0.107. The summed E-state index contributed by atoms with van der Waals surface area (Å²) in [6, 6.07) is 6.79. The summed E-state index contributed by atoms with van der Waals surface area (Å²) in [5.41, 5.74) is 0.874. The minimum Gasteiger partial charge on any atom is -0.486 e. The van der Waals surface area contributed by atoms with Gasteiger partial charge in [0.25, 0.3) is 5.91 Å². The third-order valence-corrected chi connectivity index (χ3v) is 6.28. The predicted molar refractivity (Wildman–Crippen MR) is 117 cm³/mol. The van der Waals surface area contributed by atoms with Crippen molar-refractivity contribution in [3.05, 3.63) is 47.8 Å². The lowest BCUT2D eigenvalue weighted by atomic mass is 10.1. The second-order valence-electron chi connectivity index (χ2n) is 7.76. The molecule has 0 radical (unpaired) electrons. The van der Waals surface area contributed by atoms with Gasteiger partial charge in [-0.2, -0.15) is 4.72 Å². The van der Waals surface area contributed by atoms with Gasteiger partial charge in [0.15, 0.2) is 18.1 Å². The molecule has 1 aliphatic rings. The van der Waals surface area contributed by atoms with Gasteiger partial charge in [-0.1, -0.05) is 19.9 Å². The highest BCUT2D eigenvalue weighted by Gasteiger charge is 2.31. The second kappa shape index (κ2) is 10.2. The molecule has 2 N–H and O–H groups in total. The van der Waals surface area contributed by atoms with Crippen molar-refractivity contribution in [1.82, 2.24) is 4.72 Å². The number of hydrogen-bond acceptors (Lipinski definition) is 7. The fourth-order valence-corrected chi connectivity index (χ4v) is 4.37. The number of benzene rings is 2. The second-order valence-corrected chi connectivity index (χ2v) is 9.48. The molecule has 0 aromatic heterocycles. The van der Waals surface area contributed by atoms with Gasteiger partial charge in [0, 0.05) is 11.8 Å². The van der Waals surface area contributed by atoms with Crippen molar-refractivity contribution in [3.63, 3.8) is 0 Å². The maximum Gasteiger partial charge on any atom is 0.324 e. The number of halogens is 1. The lowest BCUT2D eigenvalue weighted by Crippen LogP contribution is -2.45. The van der Waals surface area contributed by atoms with Gasteiger partial charge in [-0.05, 0) is 42.7 Å². The van der Waals surface area contributed by atoms with Crippen molar-refractivity contribution < 1.29 is 36.6 Å². The maximum atomic E-state index is 13.4. The van der Waals surface area contributed by atoms with Crippen molar-refractivity contribution in [2.45, 2.75) is 31.7 Å². The van der Waals surface area contributed by atoms with Crippen LogP contribution in [0.2, 0.25) is 0 Å². The summed E-state index contributed by atoms with van der Waals surface area (Å²) in [5, 5.41) is 2.46. The van der Waals surface area contributed by atoms with Crippen molar-refractivity contribution in [2.75, 3.05) is 25.1 Å². The summed E-state index contributed by atoms with van der Waals surface area (Å²) in [5.74, 6) is -1.89. The lowest BCUT2D eigenvalue weighted by Gasteiger charge is -2.22. The molecule has 1 heterocycles. The Labute approximate surface area is 191 Å². The van der Waals surface area contributed by atoms with Crippen molar-refractivity contribution >= 4 is 27.6 Å². The van der Waals surface area contributed by atoms with Crippen LogP contribution in [0.5, 0.6) is 11.5 Å². The van der Waals surface area contributed by atoms with Crippen molar-refractivity contribution in [2.24, 2.45) is 5.92 Å². The van der Waals surface area contributed by atoms with E-state index < -0.39 is 46.3 Å². The molecule has 0 fully saturated rings. The van der Waals surface area contributed by atoms with Crippen LogP contribution in [0.15, 0.2) is 41.3 Å². The molecule has 33 heavy (non-hydrogen) atoms. The predicted octanol–water partition coefficient (Wildman–Crippen LogP) is 2.39. The fraction of sp³-hybridized carbons (Fsp3) is 0.364. The molecule has 0 saturated carbocycles. The molecule has 0 aliphatic carbocycles. The van der Waals surface area contributed by atoms with Gasteiger partial charge >= 0.3 is 5.97 Å². The number of carbonyl (C=O) groups excluding carboxylic acids is 2. The highest BCUT2D eigenvalue weighted by atomic mass is 32.2. The summed E-state index contributed by atoms with van der Waals surface area (Å²) in [6.45, 7) is 4.95. The molecule has 178 valence electrons. The van der Waals surface area contributed by atoms with Crippen LogP contribution < -0.4 is 19.5 Å². The zero-order valence-corrected chi connectivity index (χ0v) is 19.2. The normalized spacial score (nSPS) is 14.0. The number of esters is 1. The van der Waals surface area contributed by atoms with Gasteiger partial charge in [0.05, 0.1) is 4.90 Å². The van der Waals surface area contributed by atoms with Crippen LogP contribution in [0.25, 0.3) is 0 Å². The van der Waals surface area contributed by atoms with E-state index in [0.29, 0.717) is 24.5 Å². The summed E-state index contributed by atoms with van der Waals surface area (Å²) < 4.78 is 57.2. The average molecular weight is 481 g/mol.